The Kier molecular flexibility index (Phi) is 3.63. The predicted octanol–water partition coefficient (Wildman–Crippen LogP) is 0.237. The van der Waals surface area contributed by atoms with Crippen molar-refractivity contribution in [3.05, 3.63) is 30.1 Å². The lowest BCUT2D eigenvalue weighted by Gasteiger charge is -2.07. The molecule has 76 valence electrons. The number of carbonyl (C=O) groups excluding carboxylic acids is 1. The van der Waals surface area contributed by atoms with Crippen LogP contribution in [0.25, 0.3) is 0 Å². The van der Waals surface area contributed by atoms with Gasteiger partial charge in [-0.25, -0.2) is 0 Å². The monoisotopic (exact) mass is 193 g/mol. The first-order valence-electron chi connectivity index (χ1n) is 4.82. The largest absolute Gasteiger partial charge is 0.544 e. The van der Waals surface area contributed by atoms with E-state index in [4.69, 9.17) is 0 Å². The number of carboxylic acid groups (broad SMARTS) is 1. The molecule has 0 bridgehead atoms. The van der Waals surface area contributed by atoms with E-state index in [0.717, 1.165) is 12.0 Å². The second kappa shape index (κ2) is 4.74. The predicted molar refractivity (Wildman–Crippen MR) is 50.4 cm³/mol. The van der Waals surface area contributed by atoms with Crippen LogP contribution in [0.15, 0.2) is 24.5 Å². The third kappa shape index (κ3) is 2.83. The number of carbonyl (C=O) groups is 1. The van der Waals surface area contributed by atoms with E-state index in [-0.39, 0.29) is 6.54 Å². The lowest BCUT2D eigenvalue weighted by molar-refractivity contribution is -0.691. The van der Waals surface area contributed by atoms with Gasteiger partial charge in [-0.15, -0.1) is 0 Å². The van der Waals surface area contributed by atoms with Crippen LogP contribution in [0.1, 0.15) is 31.7 Å². The van der Waals surface area contributed by atoms with E-state index in [1.165, 1.54) is 0 Å². The summed E-state index contributed by atoms with van der Waals surface area (Å²) < 4.78 is 1.64. The second-order valence-electron chi connectivity index (χ2n) is 3.49. The van der Waals surface area contributed by atoms with Crippen molar-refractivity contribution < 1.29 is 14.5 Å². The summed E-state index contributed by atoms with van der Waals surface area (Å²) in [6, 6.07) is 3.88. The summed E-state index contributed by atoms with van der Waals surface area (Å²) in [5.74, 6) is -0.597. The molecule has 14 heavy (non-hydrogen) atoms. The van der Waals surface area contributed by atoms with Gasteiger partial charge in [-0.3, -0.25) is 0 Å². The average molecular weight is 193 g/mol. The fraction of sp³-hybridized carbons (Fsp3) is 0.455. The Morgan fingerprint density at radius 3 is 2.93 bits per heavy atom. The summed E-state index contributed by atoms with van der Waals surface area (Å²) in [4.78, 5) is 10.4. The van der Waals surface area contributed by atoms with Crippen LogP contribution in [0.3, 0.4) is 0 Å². The molecule has 0 amide bonds. The number of hydrogen-bond donors (Lipinski definition) is 0. The van der Waals surface area contributed by atoms with Gasteiger partial charge in [0, 0.05) is 11.6 Å². The van der Waals surface area contributed by atoms with Crippen LogP contribution in [0.5, 0.6) is 0 Å². The Bertz CT molecular complexity index is 323. The fourth-order valence-electron chi connectivity index (χ4n) is 1.32. The number of pyridine rings is 1. The molecule has 1 heterocycles. The first-order chi connectivity index (χ1) is 6.63. The van der Waals surface area contributed by atoms with Crippen molar-refractivity contribution in [1.82, 2.24) is 0 Å². The maximum atomic E-state index is 10.4. The van der Waals surface area contributed by atoms with Crippen LogP contribution < -0.4 is 9.67 Å². The van der Waals surface area contributed by atoms with Crippen molar-refractivity contribution in [3.63, 3.8) is 0 Å². The molecule has 3 nitrogen and oxygen atoms in total. The van der Waals surface area contributed by atoms with Gasteiger partial charge in [0.05, 0.1) is 0 Å². The van der Waals surface area contributed by atoms with Gasteiger partial charge in [-0.05, 0) is 18.4 Å². The molecule has 1 unspecified atom stereocenters. The van der Waals surface area contributed by atoms with Crippen molar-refractivity contribution in [2.75, 3.05) is 0 Å². The molecular weight excluding hydrogens is 178 g/mol. The van der Waals surface area contributed by atoms with Gasteiger partial charge in [0.1, 0.15) is 5.97 Å². The Balaban J connectivity index is 2.83. The smallest absolute Gasteiger partial charge is 0.187 e. The molecule has 1 aromatic heterocycles. The van der Waals surface area contributed by atoms with Gasteiger partial charge in [-0.1, -0.05) is 13.8 Å². The molecule has 0 aromatic carbocycles. The number of rotatable bonds is 4. The maximum Gasteiger partial charge on any atom is 0.187 e. The van der Waals surface area contributed by atoms with Crippen LogP contribution in [-0.2, 0) is 11.3 Å². The fourth-order valence-corrected chi connectivity index (χ4v) is 1.32. The molecule has 1 aromatic rings. The van der Waals surface area contributed by atoms with Crippen LogP contribution in [0, 0.1) is 0 Å². The quantitative estimate of drug-likeness (QED) is 0.643. The van der Waals surface area contributed by atoms with Gasteiger partial charge in [-0.2, -0.15) is 4.57 Å². The third-order valence-corrected chi connectivity index (χ3v) is 2.37. The summed E-state index contributed by atoms with van der Waals surface area (Å²) in [6.07, 6.45) is 4.65. The Hall–Kier alpha value is -1.38. The van der Waals surface area contributed by atoms with E-state index in [1.54, 1.807) is 10.8 Å². The molecule has 0 aliphatic rings. The highest BCUT2D eigenvalue weighted by molar-refractivity contribution is 5.62. The first-order valence-corrected chi connectivity index (χ1v) is 4.82. The first kappa shape index (κ1) is 10.7. The minimum atomic E-state index is -1.06. The summed E-state index contributed by atoms with van der Waals surface area (Å²) >= 11 is 0. The molecule has 0 fully saturated rings. The van der Waals surface area contributed by atoms with E-state index in [1.807, 2.05) is 18.3 Å². The number of hydrogen-bond acceptors (Lipinski definition) is 2. The van der Waals surface area contributed by atoms with Gasteiger partial charge < -0.3 is 9.90 Å². The molecule has 0 aliphatic carbocycles. The Morgan fingerprint density at radius 2 is 2.36 bits per heavy atom. The molecule has 0 N–H and O–H groups in total. The highest BCUT2D eigenvalue weighted by Crippen LogP contribution is 2.15. The zero-order chi connectivity index (χ0) is 10.6. The summed E-state index contributed by atoms with van der Waals surface area (Å²) in [7, 11) is 0. The van der Waals surface area contributed by atoms with Crippen LogP contribution >= 0.6 is 0 Å². The van der Waals surface area contributed by atoms with Gasteiger partial charge >= 0.3 is 0 Å². The highest BCUT2D eigenvalue weighted by atomic mass is 16.4. The van der Waals surface area contributed by atoms with Crippen molar-refractivity contribution in [2.45, 2.75) is 32.7 Å². The molecule has 1 rings (SSSR count). The zero-order valence-electron chi connectivity index (χ0n) is 8.56. The molecule has 0 aliphatic heterocycles. The molecular formula is C11H15NO2. The van der Waals surface area contributed by atoms with E-state index < -0.39 is 5.97 Å². The van der Waals surface area contributed by atoms with E-state index in [9.17, 15) is 9.90 Å². The lowest BCUT2D eigenvalue weighted by atomic mass is 10.0. The number of aliphatic carboxylic acids is 1. The average Bonchev–Trinajstić information content (AvgIpc) is 2.16. The normalized spacial score (nSPS) is 12.4. The van der Waals surface area contributed by atoms with Crippen molar-refractivity contribution in [3.8, 4) is 0 Å². The number of aromatic nitrogens is 1. The Morgan fingerprint density at radius 1 is 1.64 bits per heavy atom. The molecule has 0 saturated heterocycles. The minimum Gasteiger partial charge on any atom is -0.544 e. The van der Waals surface area contributed by atoms with Crippen LogP contribution in [-0.4, -0.2) is 5.97 Å². The van der Waals surface area contributed by atoms with Crippen molar-refractivity contribution in [1.29, 1.82) is 0 Å². The standard InChI is InChI=1S/C11H15NO2/c1-3-9(2)10-5-4-6-12(7-10)8-11(13)14/h4-7,9H,3,8H2,1-2H3. The highest BCUT2D eigenvalue weighted by Gasteiger charge is 2.07. The summed E-state index contributed by atoms with van der Waals surface area (Å²) in [6.45, 7) is 4.16. The van der Waals surface area contributed by atoms with Gasteiger partial charge in [0.15, 0.2) is 18.9 Å². The number of nitrogens with zero attached hydrogens (tertiary/aromatic N) is 1. The van der Waals surface area contributed by atoms with Gasteiger partial charge in [0.25, 0.3) is 0 Å². The molecule has 0 saturated carbocycles. The van der Waals surface area contributed by atoms with Crippen molar-refractivity contribution in [2.24, 2.45) is 0 Å². The van der Waals surface area contributed by atoms with E-state index in [2.05, 4.69) is 13.8 Å². The van der Waals surface area contributed by atoms with Gasteiger partial charge in [0.2, 0.25) is 0 Å². The van der Waals surface area contributed by atoms with Crippen molar-refractivity contribution >= 4 is 5.97 Å². The lowest BCUT2D eigenvalue weighted by Crippen LogP contribution is -2.43. The third-order valence-electron chi connectivity index (χ3n) is 2.37. The SMILES string of the molecule is CCC(C)c1ccc[n+](CC(=O)[O-])c1. The summed E-state index contributed by atoms with van der Waals surface area (Å²) in [5, 5.41) is 10.4. The Labute approximate surface area is 84.0 Å². The zero-order valence-corrected chi connectivity index (χ0v) is 8.56. The molecule has 0 radical (unpaired) electrons. The maximum absolute atomic E-state index is 10.4. The van der Waals surface area contributed by atoms with E-state index in [0.29, 0.717) is 5.92 Å². The molecule has 3 heteroatoms. The topological polar surface area (TPSA) is 44.0 Å². The summed E-state index contributed by atoms with van der Waals surface area (Å²) in [5.41, 5.74) is 1.16. The van der Waals surface area contributed by atoms with Crippen LogP contribution in [0.2, 0.25) is 0 Å². The number of carboxylic acids is 1. The van der Waals surface area contributed by atoms with Crippen LogP contribution in [0.4, 0.5) is 0 Å². The van der Waals surface area contributed by atoms with E-state index >= 15 is 0 Å². The molecule has 1 atom stereocenters. The second-order valence-corrected chi connectivity index (χ2v) is 3.49. The molecule has 0 spiro atoms. The minimum absolute atomic E-state index is 0.0791.